The minimum atomic E-state index is -0.00301. The summed E-state index contributed by atoms with van der Waals surface area (Å²) in [6, 6.07) is 0. The third-order valence-corrected chi connectivity index (χ3v) is 3.15. The molecule has 0 amide bonds. The Bertz CT molecular complexity index is 217. The Kier molecular flexibility index (Phi) is 10.0. The Balaban J connectivity index is 0.00000137. The molecule has 1 atom stereocenters. The average Bonchev–Trinajstić information content (AvgIpc) is 2.39. The van der Waals surface area contributed by atoms with Crippen molar-refractivity contribution < 1.29 is 9.53 Å². The molecule has 1 saturated heterocycles. The van der Waals surface area contributed by atoms with Crippen molar-refractivity contribution in [3.63, 3.8) is 0 Å². The Morgan fingerprint density at radius 1 is 1.39 bits per heavy atom. The van der Waals surface area contributed by atoms with E-state index in [1.54, 1.807) is 0 Å². The normalized spacial score (nSPS) is 20.2. The summed E-state index contributed by atoms with van der Waals surface area (Å²) in [5, 5.41) is 0. The maximum atomic E-state index is 11.6. The number of hydrogen-bond acceptors (Lipinski definition) is 3. The molecule has 0 aromatic carbocycles. The van der Waals surface area contributed by atoms with Crippen molar-refractivity contribution in [3.8, 4) is 0 Å². The standard InChI is InChI=1S/C13H25NO2.C2H6/c1-4-16-13(15)12-6-5-8-14(10-12)9-7-11(2)3;1-2/h11-12H,4-10H2,1-3H3;1-2H3. The lowest BCUT2D eigenvalue weighted by atomic mass is 9.97. The average molecular weight is 257 g/mol. The van der Waals surface area contributed by atoms with E-state index in [0.717, 1.165) is 38.4 Å². The summed E-state index contributed by atoms with van der Waals surface area (Å²) >= 11 is 0. The molecule has 1 rings (SSSR count). The van der Waals surface area contributed by atoms with Crippen molar-refractivity contribution in [2.45, 2.75) is 53.9 Å². The van der Waals surface area contributed by atoms with Crippen LogP contribution in [0.2, 0.25) is 0 Å². The molecule has 1 heterocycles. The van der Waals surface area contributed by atoms with Crippen LogP contribution in [0.25, 0.3) is 0 Å². The first-order chi connectivity index (χ1) is 8.63. The maximum absolute atomic E-state index is 11.6. The predicted octanol–water partition coefficient (Wildman–Crippen LogP) is 3.33. The van der Waals surface area contributed by atoms with Crippen molar-refractivity contribution in [2.24, 2.45) is 11.8 Å². The van der Waals surface area contributed by atoms with E-state index in [2.05, 4.69) is 18.7 Å². The first-order valence-electron chi connectivity index (χ1n) is 7.52. The monoisotopic (exact) mass is 257 g/mol. The van der Waals surface area contributed by atoms with Gasteiger partial charge < -0.3 is 9.64 Å². The lowest BCUT2D eigenvalue weighted by molar-refractivity contribution is -0.149. The number of esters is 1. The highest BCUT2D eigenvalue weighted by Gasteiger charge is 2.26. The zero-order valence-corrected chi connectivity index (χ0v) is 12.9. The van der Waals surface area contributed by atoms with Gasteiger partial charge in [-0.3, -0.25) is 4.79 Å². The second-order valence-corrected chi connectivity index (χ2v) is 5.07. The van der Waals surface area contributed by atoms with Crippen LogP contribution in [0.3, 0.4) is 0 Å². The molecule has 18 heavy (non-hydrogen) atoms. The molecule has 0 aliphatic carbocycles. The van der Waals surface area contributed by atoms with Gasteiger partial charge in [0.15, 0.2) is 0 Å². The molecule has 108 valence electrons. The molecule has 1 unspecified atom stereocenters. The zero-order valence-electron chi connectivity index (χ0n) is 12.9. The molecule has 3 heteroatoms. The summed E-state index contributed by atoms with van der Waals surface area (Å²) in [6.45, 7) is 14.0. The summed E-state index contributed by atoms with van der Waals surface area (Å²) in [7, 11) is 0. The summed E-state index contributed by atoms with van der Waals surface area (Å²) in [5.41, 5.74) is 0. The minimum absolute atomic E-state index is 0.00301. The second-order valence-electron chi connectivity index (χ2n) is 5.07. The molecule has 3 nitrogen and oxygen atoms in total. The van der Waals surface area contributed by atoms with E-state index in [1.807, 2.05) is 20.8 Å². The van der Waals surface area contributed by atoms with Crippen LogP contribution >= 0.6 is 0 Å². The van der Waals surface area contributed by atoms with Crippen LogP contribution in [0.15, 0.2) is 0 Å². The smallest absolute Gasteiger partial charge is 0.310 e. The minimum Gasteiger partial charge on any atom is -0.466 e. The summed E-state index contributed by atoms with van der Waals surface area (Å²) < 4.78 is 5.09. The number of carbonyl (C=O) groups excluding carboxylic acids is 1. The number of carbonyl (C=O) groups is 1. The van der Waals surface area contributed by atoms with E-state index >= 15 is 0 Å². The largest absolute Gasteiger partial charge is 0.466 e. The van der Waals surface area contributed by atoms with Crippen LogP contribution in [0, 0.1) is 11.8 Å². The van der Waals surface area contributed by atoms with Gasteiger partial charge in [-0.15, -0.1) is 0 Å². The Morgan fingerprint density at radius 3 is 2.61 bits per heavy atom. The number of likely N-dealkylation sites (tertiary alicyclic amines) is 1. The van der Waals surface area contributed by atoms with Gasteiger partial charge in [-0.2, -0.15) is 0 Å². The van der Waals surface area contributed by atoms with Gasteiger partial charge in [0.2, 0.25) is 0 Å². The van der Waals surface area contributed by atoms with E-state index < -0.39 is 0 Å². The molecular weight excluding hydrogens is 226 g/mol. The highest BCUT2D eigenvalue weighted by Crippen LogP contribution is 2.18. The fraction of sp³-hybridized carbons (Fsp3) is 0.933. The summed E-state index contributed by atoms with van der Waals surface area (Å²) in [5.74, 6) is 0.848. The van der Waals surface area contributed by atoms with E-state index in [0.29, 0.717) is 6.61 Å². The fourth-order valence-electron chi connectivity index (χ4n) is 2.15. The molecule has 1 fully saturated rings. The SMILES string of the molecule is CC.CCOC(=O)C1CCCN(CCC(C)C)C1. The third kappa shape index (κ3) is 7.00. The van der Waals surface area contributed by atoms with Crippen molar-refractivity contribution in [1.82, 2.24) is 4.90 Å². The fourth-order valence-corrected chi connectivity index (χ4v) is 2.15. The van der Waals surface area contributed by atoms with E-state index in [4.69, 9.17) is 4.74 Å². The third-order valence-electron chi connectivity index (χ3n) is 3.15. The maximum Gasteiger partial charge on any atom is 0.310 e. The lowest BCUT2D eigenvalue weighted by Crippen LogP contribution is -2.40. The van der Waals surface area contributed by atoms with E-state index in [9.17, 15) is 4.79 Å². The quantitative estimate of drug-likeness (QED) is 0.708. The van der Waals surface area contributed by atoms with E-state index in [-0.39, 0.29) is 11.9 Å². The highest BCUT2D eigenvalue weighted by molar-refractivity contribution is 5.72. The van der Waals surface area contributed by atoms with E-state index in [1.165, 1.54) is 6.42 Å². The Hall–Kier alpha value is -0.570. The highest BCUT2D eigenvalue weighted by atomic mass is 16.5. The van der Waals surface area contributed by atoms with Gasteiger partial charge >= 0.3 is 5.97 Å². The molecule has 0 aromatic heterocycles. The number of nitrogens with zero attached hydrogens (tertiary/aromatic N) is 1. The molecular formula is C15H31NO2. The molecule has 1 aliphatic rings. The number of piperidine rings is 1. The Labute approximate surface area is 113 Å². The van der Waals surface area contributed by atoms with Gasteiger partial charge in [-0.25, -0.2) is 0 Å². The molecule has 0 bridgehead atoms. The van der Waals surface area contributed by atoms with Gasteiger partial charge in [0.1, 0.15) is 0 Å². The summed E-state index contributed by atoms with van der Waals surface area (Å²) in [6.07, 6.45) is 3.34. The zero-order chi connectivity index (χ0) is 14.0. The van der Waals surface area contributed by atoms with Crippen LogP contribution < -0.4 is 0 Å². The van der Waals surface area contributed by atoms with Crippen LogP contribution in [-0.2, 0) is 9.53 Å². The topological polar surface area (TPSA) is 29.5 Å². The van der Waals surface area contributed by atoms with Gasteiger partial charge in [0.05, 0.1) is 12.5 Å². The number of ether oxygens (including phenoxy) is 1. The van der Waals surface area contributed by atoms with Crippen molar-refractivity contribution in [3.05, 3.63) is 0 Å². The van der Waals surface area contributed by atoms with Gasteiger partial charge in [-0.1, -0.05) is 27.7 Å². The predicted molar refractivity (Wildman–Crippen MR) is 76.6 cm³/mol. The lowest BCUT2D eigenvalue weighted by Gasteiger charge is -2.31. The molecule has 0 spiro atoms. The van der Waals surface area contributed by atoms with Crippen LogP contribution in [0.1, 0.15) is 53.9 Å². The van der Waals surface area contributed by atoms with Crippen molar-refractivity contribution >= 4 is 5.97 Å². The number of rotatable bonds is 5. The van der Waals surface area contributed by atoms with Crippen molar-refractivity contribution in [2.75, 3.05) is 26.2 Å². The molecule has 1 aliphatic heterocycles. The van der Waals surface area contributed by atoms with Crippen LogP contribution in [-0.4, -0.2) is 37.1 Å². The summed E-state index contributed by atoms with van der Waals surface area (Å²) in [4.78, 5) is 14.0. The van der Waals surface area contributed by atoms with Crippen molar-refractivity contribution in [1.29, 1.82) is 0 Å². The first-order valence-corrected chi connectivity index (χ1v) is 7.52. The molecule has 0 radical (unpaired) electrons. The molecule has 0 aromatic rings. The Morgan fingerprint density at radius 2 is 2.06 bits per heavy atom. The van der Waals surface area contributed by atoms with Crippen LogP contribution in [0.4, 0.5) is 0 Å². The first kappa shape index (κ1) is 17.4. The number of hydrogen-bond donors (Lipinski definition) is 0. The second kappa shape index (κ2) is 10.4. The van der Waals surface area contributed by atoms with Gasteiger partial charge in [-0.05, 0) is 45.2 Å². The molecule has 0 N–H and O–H groups in total. The molecule has 0 saturated carbocycles. The van der Waals surface area contributed by atoms with Gasteiger partial charge in [0, 0.05) is 6.54 Å². The van der Waals surface area contributed by atoms with Crippen LogP contribution in [0.5, 0.6) is 0 Å². The van der Waals surface area contributed by atoms with Gasteiger partial charge in [0.25, 0.3) is 0 Å².